The number of carboxylic acids is 2. The first-order valence-corrected chi connectivity index (χ1v) is 12.1. The summed E-state index contributed by atoms with van der Waals surface area (Å²) >= 11 is 0. The van der Waals surface area contributed by atoms with Crippen LogP contribution >= 0.6 is 0 Å². The molecular weight excluding hydrogens is 699 g/mol. The first-order valence-electron chi connectivity index (χ1n) is 12.1. The maximum absolute atomic E-state index is 13.6. The van der Waals surface area contributed by atoms with Gasteiger partial charge in [-0.3, -0.25) is 9.59 Å². The van der Waals surface area contributed by atoms with Gasteiger partial charge in [0.2, 0.25) is 0 Å². The topological polar surface area (TPSA) is 157 Å². The Kier molecular flexibility index (Phi) is 15.6. The highest BCUT2D eigenvalue weighted by molar-refractivity contribution is 5.73. The molecule has 0 spiro atoms. The molecule has 0 rings (SSSR count). The number of hydrogen-bond acceptors (Lipinski definition) is 6. The fraction of sp³-hybridized carbons (Fsp3) is 0.857. The van der Waals surface area contributed by atoms with E-state index in [1.54, 1.807) is 0 Å². The van der Waals surface area contributed by atoms with Crippen LogP contribution in [0.1, 0.15) is 44.9 Å². The van der Waals surface area contributed by atoms with Crippen LogP contribution in [0.3, 0.4) is 0 Å². The lowest BCUT2D eigenvalue weighted by molar-refractivity contribution is -0.461. The minimum Gasteiger partial charge on any atom is -0.550 e. The molecule has 1 atom stereocenters. The lowest BCUT2D eigenvalue weighted by Gasteiger charge is -2.42. The highest BCUT2D eigenvalue weighted by Crippen LogP contribution is 2.64. The Labute approximate surface area is 246 Å². The number of carbonyl (C=O) groups is 3. The van der Waals surface area contributed by atoms with Crippen molar-refractivity contribution in [1.82, 2.24) is 0 Å². The molecular formula is C21H25F17N2O6. The molecule has 6 N–H and O–H groups in total. The molecule has 0 saturated heterocycles. The van der Waals surface area contributed by atoms with Gasteiger partial charge in [-0.2, -0.15) is 74.6 Å². The van der Waals surface area contributed by atoms with E-state index in [9.17, 15) is 94.1 Å². The molecule has 0 radical (unpaired) electrons. The minimum absolute atomic E-state index is 0.560. The average molecular weight is 724 g/mol. The Morgan fingerprint density at radius 2 is 1.09 bits per heavy atom. The third kappa shape index (κ3) is 9.82. The number of esters is 1. The van der Waals surface area contributed by atoms with E-state index in [1.807, 2.05) is 0 Å². The molecule has 0 aliphatic rings. The molecule has 0 amide bonds. The Hall–Kier alpha value is -2.86. The summed E-state index contributed by atoms with van der Waals surface area (Å²) in [5.41, 5.74) is 8.88. The fourth-order valence-electron chi connectivity index (χ4n) is 2.76. The van der Waals surface area contributed by atoms with Crippen LogP contribution in [0.4, 0.5) is 74.6 Å². The van der Waals surface area contributed by atoms with Gasteiger partial charge in [0.15, 0.2) is 0 Å². The van der Waals surface area contributed by atoms with E-state index < -0.39 is 104 Å². The van der Waals surface area contributed by atoms with Crippen LogP contribution < -0.4 is 16.6 Å². The lowest BCUT2D eigenvalue weighted by atomic mass is 9.88. The Balaban J connectivity index is 0. The highest BCUT2D eigenvalue weighted by atomic mass is 19.4. The Morgan fingerprint density at radius 1 is 0.674 bits per heavy atom. The van der Waals surface area contributed by atoms with Gasteiger partial charge in [-0.25, -0.2) is 0 Å². The summed E-state index contributed by atoms with van der Waals surface area (Å²) in [5.74, 6) is -61.4. The number of nitrogens with two attached hydrogens (primary N) is 1. The van der Waals surface area contributed by atoms with Crippen molar-refractivity contribution in [1.29, 1.82) is 0 Å². The number of carboxylic acid groups (broad SMARTS) is 2. The Bertz CT molecular complexity index is 1020. The van der Waals surface area contributed by atoms with Gasteiger partial charge < -0.3 is 31.2 Å². The van der Waals surface area contributed by atoms with Gasteiger partial charge in [-0.1, -0.05) is 0 Å². The summed E-state index contributed by atoms with van der Waals surface area (Å²) in [4.78, 5) is 31.3. The van der Waals surface area contributed by atoms with E-state index in [0.717, 1.165) is 19.4 Å². The predicted octanol–water partition coefficient (Wildman–Crippen LogP) is 3.66. The lowest BCUT2D eigenvalue weighted by Crippen LogP contribution is -2.74. The van der Waals surface area contributed by atoms with Crippen LogP contribution in [0, 0.1) is 0 Å². The monoisotopic (exact) mass is 724 g/mol. The standard InChI is InChI=1S/C15H11F17O4.C6H14N2O2/c16-8(17,4-5-36-7(35)3-1-2-6(33)34)9(18,19)10(20,21)11(22,23)12(24,25)13(26,27)14(28,29)15(30,31)32;7-4-2-1-3-5(8)6(9)10/h1-5H2,(H,33,34);5H,1-4,7-8H2,(H,9,10)/t;5-/m.0/s1. The fourth-order valence-corrected chi connectivity index (χ4v) is 2.76. The molecule has 0 unspecified atom stereocenters. The zero-order valence-corrected chi connectivity index (χ0v) is 22.6. The number of rotatable bonds is 18. The van der Waals surface area contributed by atoms with E-state index in [4.69, 9.17) is 10.8 Å². The molecule has 25 heteroatoms. The van der Waals surface area contributed by atoms with Crippen LogP contribution in [0.15, 0.2) is 0 Å². The zero-order valence-electron chi connectivity index (χ0n) is 22.6. The molecule has 46 heavy (non-hydrogen) atoms. The van der Waals surface area contributed by atoms with Crippen molar-refractivity contribution >= 4 is 17.9 Å². The van der Waals surface area contributed by atoms with E-state index in [1.165, 1.54) is 0 Å². The third-order valence-corrected chi connectivity index (χ3v) is 5.56. The van der Waals surface area contributed by atoms with Crippen LogP contribution in [-0.4, -0.2) is 89.8 Å². The van der Waals surface area contributed by atoms with Crippen molar-refractivity contribution in [3.8, 4) is 0 Å². The molecule has 0 saturated carbocycles. The number of unbranched alkanes of at least 4 members (excludes halogenated alkanes) is 1. The first kappa shape index (κ1) is 45.3. The van der Waals surface area contributed by atoms with E-state index in [-0.39, 0.29) is 0 Å². The summed E-state index contributed by atoms with van der Waals surface area (Å²) in [6, 6.07) is -0.688. The van der Waals surface area contributed by atoms with Gasteiger partial charge in [0.05, 0.1) is 19.6 Å². The number of carbonyl (C=O) groups excluding carboxylic acids is 2. The van der Waals surface area contributed by atoms with E-state index in [2.05, 4.69) is 10.5 Å². The van der Waals surface area contributed by atoms with Gasteiger partial charge in [0.1, 0.15) is 6.04 Å². The molecule has 274 valence electrons. The molecule has 0 aliphatic heterocycles. The van der Waals surface area contributed by atoms with Crippen LogP contribution in [-0.2, 0) is 19.1 Å². The maximum atomic E-state index is 13.6. The van der Waals surface area contributed by atoms with Crippen molar-refractivity contribution in [2.45, 2.75) is 98.6 Å². The van der Waals surface area contributed by atoms with E-state index in [0.29, 0.717) is 6.42 Å². The van der Waals surface area contributed by atoms with Gasteiger partial charge in [0, 0.05) is 12.4 Å². The van der Waals surface area contributed by atoms with Crippen LogP contribution in [0.25, 0.3) is 0 Å². The summed E-state index contributed by atoms with van der Waals surface area (Å²) < 4.78 is 226. The second kappa shape index (κ2) is 15.8. The molecule has 0 fully saturated rings. The average Bonchev–Trinajstić information content (AvgIpc) is 2.87. The largest absolute Gasteiger partial charge is 0.550 e. The molecule has 0 aromatic heterocycles. The Morgan fingerprint density at radius 3 is 1.46 bits per heavy atom. The van der Waals surface area contributed by atoms with E-state index >= 15 is 0 Å². The second-order valence-corrected chi connectivity index (χ2v) is 9.14. The smallest absolute Gasteiger partial charge is 0.460 e. The number of quaternary nitrogens is 1. The van der Waals surface area contributed by atoms with Crippen molar-refractivity contribution in [3.05, 3.63) is 0 Å². The second-order valence-electron chi connectivity index (χ2n) is 9.14. The normalized spacial score (nSPS) is 14.7. The number of halogens is 17. The molecule has 0 heterocycles. The summed E-state index contributed by atoms with van der Waals surface area (Å²) in [5, 5.41) is 18.4. The number of ether oxygens (including phenoxy) is 1. The van der Waals surface area contributed by atoms with Crippen molar-refractivity contribution < 1.29 is 110 Å². The molecule has 0 aliphatic carbocycles. The van der Waals surface area contributed by atoms with Crippen molar-refractivity contribution in [3.63, 3.8) is 0 Å². The zero-order chi connectivity index (χ0) is 37.4. The van der Waals surface area contributed by atoms with Gasteiger partial charge in [0.25, 0.3) is 0 Å². The third-order valence-electron chi connectivity index (χ3n) is 5.56. The quantitative estimate of drug-likeness (QED) is 0.111. The molecule has 8 nitrogen and oxygen atoms in total. The molecule has 0 bridgehead atoms. The van der Waals surface area contributed by atoms with Crippen LogP contribution in [0.5, 0.6) is 0 Å². The number of hydrogen-bond donors (Lipinski definition) is 3. The van der Waals surface area contributed by atoms with Crippen molar-refractivity contribution in [2.75, 3.05) is 13.2 Å². The van der Waals surface area contributed by atoms with Gasteiger partial charge >= 0.3 is 59.6 Å². The van der Waals surface area contributed by atoms with Gasteiger partial charge in [-0.15, -0.1) is 0 Å². The maximum Gasteiger partial charge on any atom is 0.460 e. The summed E-state index contributed by atoms with van der Waals surface area (Å²) in [6.07, 6.45) is -10.7. The van der Waals surface area contributed by atoms with Crippen LogP contribution in [0.2, 0.25) is 0 Å². The predicted molar refractivity (Wildman–Crippen MR) is 112 cm³/mol. The number of alkyl halides is 17. The number of aliphatic carboxylic acids is 2. The molecule has 0 aromatic rings. The van der Waals surface area contributed by atoms with Crippen molar-refractivity contribution in [2.24, 2.45) is 5.73 Å². The molecule has 0 aromatic carbocycles. The van der Waals surface area contributed by atoms with Gasteiger partial charge in [-0.05, 0) is 32.1 Å². The first-order chi connectivity index (χ1) is 20.2. The minimum atomic E-state index is -8.71. The summed E-state index contributed by atoms with van der Waals surface area (Å²) in [7, 11) is 0. The SMILES string of the molecule is N[C@@H](CCCC[NH3+])C(=O)O.O=C([O-])CCCC(=O)OCCC(F)(F)C(F)(F)C(F)(F)C(F)(F)C(F)(F)C(F)(F)C(F)(F)C(F)(F)F. The summed E-state index contributed by atoms with van der Waals surface area (Å²) in [6.45, 7) is -1.22. The highest BCUT2D eigenvalue weighted by Gasteiger charge is 2.95.